The molecule has 1 amide bonds. The van der Waals surface area contributed by atoms with Crippen LogP contribution in [0.2, 0.25) is 0 Å². The quantitative estimate of drug-likeness (QED) is 0.466. The molecule has 114 valence electrons. The maximum atomic E-state index is 11.9. The largest absolute Gasteiger partial charge is 0.465 e. The van der Waals surface area contributed by atoms with Crippen LogP contribution in [0, 0.1) is 0 Å². The molecule has 0 aromatic heterocycles. The van der Waals surface area contributed by atoms with Crippen molar-refractivity contribution in [2.75, 3.05) is 27.4 Å². The molecule has 0 heterocycles. The Balaban J connectivity index is 2.48. The molecule has 6 nitrogen and oxygen atoms in total. The number of hydrogen-bond acceptors (Lipinski definition) is 5. The minimum absolute atomic E-state index is 0.258. The van der Waals surface area contributed by atoms with E-state index in [9.17, 15) is 9.59 Å². The average molecular weight is 310 g/mol. The zero-order valence-electron chi connectivity index (χ0n) is 12.0. The second kappa shape index (κ2) is 9.04. The second-order valence-electron chi connectivity index (χ2n) is 4.13. The zero-order chi connectivity index (χ0) is 15.7. The van der Waals surface area contributed by atoms with E-state index in [0.717, 1.165) is 6.42 Å². The van der Waals surface area contributed by atoms with E-state index >= 15 is 0 Å². The number of nitrogens with one attached hydrogen (secondary N) is 2. The van der Waals surface area contributed by atoms with Crippen molar-refractivity contribution in [3.8, 4) is 0 Å². The Morgan fingerprint density at radius 1 is 1.14 bits per heavy atom. The first-order valence-corrected chi connectivity index (χ1v) is 6.75. The molecule has 0 spiro atoms. The molecule has 0 fully saturated rings. The summed E-state index contributed by atoms with van der Waals surface area (Å²) in [5.41, 5.74) is 0.790. The highest BCUT2D eigenvalue weighted by molar-refractivity contribution is 7.80. The number of benzene rings is 1. The molecule has 1 rings (SSSR count). The minimum Gasteiger partial charge on any atom is -0.465 e. The van der Waals surface area contributed by atoms with Crippen LogP contribution in [-0.2, 0) is 9.47 Å². The summed E-state index contributed by atoms with van der Waals surface area (Å²) < 4.78 is 9.49. The Morgan fingerprint density at radius 3 is 2.33 bits per heavy atom. The van der Waals surface area contributed by atoms with E-state index in [0.29, 0.717) is 24.3 Å². The standard InChI is InChI=1S/C14H18N2O4S/c1-19-9-3-8-15-14(21)16-12(17)10-4-6-11(7-5-10)13(18)20-2/h4-7H,3,8-9H2,1-2H3,(H2,15,16,17,21). The summed E-state index contributed by atoms with van der Waals surface area (Å²) in [6, 6.07) is 6.12. The number of methoxy groups -OCH3 is 2. The summed E-state index contributed by atoms with van der Waals surface area (Å²) >= 11 is 5.01. The lowest BCUT2D eigenvalue weighted by molar-refractivity contribution is 0.0600. The number of amides is 1. The smallest absolute Gasteiger partial charge is 0.337 e. The number of thiocarbonyl (C=S) groups is 1. The predicted molar refractivity (Wildman–Crippen MR) is 82.3 cm³/mol. The van der Waals surface area contributed by atoms with E-state index in [1.54, 1.807) is 7.11 Å². The summed E-state index contributed by atoms with van der Waals surface area (Å²) in [5, 5.41) is 5.72. The topological polar surface area (TPSA) is 76.7 Å². The first-order valence-electron chi connectivity index (χ1n) is 6.35. The molecule has 0 saturated heterocycles. The van der Waals surface area contributed by atoms with E-state index in [-0.39, 0.29) is 11.0 Å². The maximum absolute atomic E-state index is 11.9. The molecule has 21 heavy (non-hydrogen) atoms. The predicted octanol–water partition coefficient (Wildman–Crippen LogP) is 1.11. The summed E-state index contributed by atoms with van der Waals surface area (Å²) in [5.74, 6) is -0.784. The number of hydrogen-bond donors (Lipinski definition) is 2. The summed E-state index contributed by atoms with van der Waals surface area (Å²) in [6.07, 6.45) is 0.792. The van der Waals surface area contributed by atoms with Crippen LogP contribution >= 0.6 is 12.2 Å². The number of carbonyl (C=O) groups excluding carboxylic acids is 2. The van der Waals surface area contributed by atoms with Gasteiger partial charge in [0, 0.05) is 25.8 Å². The molecule has 0 radical (unpaired) electrons. The Kier molecular flexibility index (Phi) is 7.34. The van der Waals surface area contributed by atoms with E-state index in [1.165, 1.54) is 31.4 Å². The molecule has 0 aliphatic heterocycles. The van der Waals surface area contributed by atoms with Crippen LogP contribution in [0.5, 0.6) is 0 Å². The van der Waals surface area contributed by atoms with Gasteiger partial charge in [-0.15, -0.1) is 0 Å². The van der Waals surface area contributed by atoms with Crippen molar-refractivity contribution in [1.29, 1.82) is 0 Å². The fourth-order valence-electron chi connectivity index (χ4n) is 1.51. The first kappa shape index (κ1) is 17.1. The van der Waals surface area contributed by atoms with Gasteiger partial charge in [-0.2, -0.15) is 0 Å². The number of ether oxygens (including phenoxy) is 2. The van der Waals surface area contributed by atoms with Gasteiger partial charge < -0.3 is 14.8 Å². The molecular formula is C14H18N2O4S. The lowest BCUT2D eigenvalue weighted by Gasteiger charge is -2.09. The normalized spacial score (nSPS) is 9.81. The van der Waals surface area contributed by atoms with Crippen LogP contribution < -0.4 is 10.6 Å². The molecule has 1 aromatic carbocycles. The van der Waals surface area contributed by atoms with Crippen molar-refractivity contribution in [3.05, 3.63) is 35.4 Å². The molecule has 0 atom stereocenters. The molecule has 1 aromatic rings. The summed E-state index contributed by atoms with van der Waals surface area (Å²) in [4.78, 5) is 23.2. The van der Waals surface area contributed by atoms with Crippen LogP contribution in [0.4, 0.5) is 0 Å². The van der Waals surface area contributed by atoms with E-state index in [4.69, 9.17) is 17.0 Å². The molecule has 0 bridgehead atoms. The van der Waals surface area contributed by atoms with Crippen LogP contribution in [0.1, 0.15) is 27.1 Å². The Morgan fingerprint density at radius 2 is 1.76 bits per heavy atom. The van der Waals surface area contributed by atoms with Crippen molar-refractivity contribution < 1.29 is 19.1 Å². The molecule has 0 unspecified atom stereocenters. The van der Waals surface area contributed by atoms with Gasteiger partial charge in [-0.05, 0) is 42.9 Å². The maximum Gasteiger partial charge on any atom is 0.337 e. The highest BCUT2D eigenvalue weighted by Crippen LogP contribution is 2.05. The van der Waals surface area contributed by atoms with Crippen LogP contribution in [-0.4, -0.2) is 44.4 Å². The van der Waals surface area contributed by atoms with E-state index < -0.39 is 5.97 Å². The highest BCUT2D eigenvalue weighted by Gasteiger charge is 2.10. The van der Waals surface area contributed by atoms with E-state index in [2.05, 4.69) is 15.4 Å². The zero-order valence-corrected chi connectivity index (χ0v) is 12.8. The molecule has 0 aliphatic rings. The van der Waals surface area contributed by atoms with Gasteiger partial charge >= 0.3 is 5.97 Å². The second-order valence-corrected chi connectivity index (χ2v) is 4.53. The third-order valence-electron chi connectivity index (χ3n) is 2.61. The van der Waals surface area contributed by atoms with E-state index in [1.807, 2.05) is 0 Å². The molecule has 7 heteroatoms. The lowest BCUT2D eigenvalue weighted by atomic mass is 10.1. The van der Waals surface area contributed by atoms with Crippen molar-refractivity contribution >= 4 is 29.2 Å². The van der Waals surface area contributed by atoms with Crippen molar-refractivity contribution in [2.45, 2.75) is 6.42 Å². The van der Waals surface area contributed by atoms with Crippen molar-refractivity contribution in [3.63, 3.8) is 0 Å². The lowest BCUT2D eigenvalue weighted by Crippen LogP contribution is -2.39. The van der Waals surface area contributed by atoms with Crippen molar-refractivity contribution in [1.82, 2.24) is 10.6 Å². The molecule has 2 N–H and O–H groups in total. The third-order valence-corrected chi connectivity index (χ3v) is 2.85. The van der Waals surface area contributed by atoms with Gasteiger partial charge in [0.25, 0.3) is 5.91 Å². The van der Waals surface area contributed by atoms with Gasteiger partial charge in [0.15, 0.2) is 5.11 Å². The number of esters is 1. The summed E-state index contributed by atoms with van der Waals surface area (Å²) in [6.45, 7) is 1.24. The van der Waals surface area contributed by atoms with Crippen LogP contribution in [0.25, 0.3) is 0 Å². The highest BCUT2D eigenvalue weighted by atomic mass is 32.1. The van der Waals surface area contributed by atoms with Crippen LogP contribution in [0.15, 0.2) is 24.3 Å². The fraction of sp³-hybridized carbons (Fsp3) is 0.357. The SMILES string of the molecule is COCCCNC(=S)NC(=O)c1ccc(C(=O)OC)cc1. The number of carbonyl (C=O) groups is 2. The third kappa shape index (κ3) is 5.88. The fourth-order valence-corrected chi connectivity index (χ4v) is 1.71. The van der Waals surface area contributed by atoms with Gasteiger partial charge in [-0.25, -0.2) is 4.79 Å². The summed E-state index contributed by atoms with van der Waals surface area (Å²) in [7, 11) is 2.93. The first-order chi connectivity index (χ1) is 10.1. The molecular weight excluding hydrogens is 292 g/mol. The average Bonchev–Trinajstić information content (AvgIpc) is 2.51. The van der Waals surface area contributed by atoms with Gasteiger partial charge in [0.1, 0.15) is 0 Å². The number of rotatable bonds is 6. The van der Waals surface area contributed by atoms with Gasteiger partial charge in [-0.1, -0.05) is 0 Å². The van der Waals surface area contributed by atoms with Crippen molar-refractivity contribution in [2.24, 2.45) is 0 Å². The van der Waals surface area contributed by atoms with Gasteiger partial charge in [0.2, 0.25) is 0 Å². The molecule has 0 saturated carbocycles. The Bertz CT molecular complexity index is 502. The van der Waals surface area contributed by atoms with Crippen LogP contribution in [0.3, 0.4) is 0 Å². The monoisotopic (exact) mass is 310 g/mol. The Labute approximate surface area is 128 Å². The minimum atomic E-state index is -0.447. The van der Waals surface area contributed by atoms with Gasteiger partial charge in [-0.3, -0.25) is 10.1 Å². The molecule has 0 aliphatic carbocycles. The van der Waals surface area contributed by atoms with Gasteiger partial charge in [0.05, 0.1) is 12.7 Å². The Hall–Kier alpha value is -1.99.